The predicted octanol–water partition coefficient (Wildman–Crippen LogP) is 5.42. The second kappa shape index (κ2) is 11.5. The number of hydrogen-bond acceptors (Lipinski definition) is 8. The second-order valence-corrected chi connectivity index (χ2v) is 10.3. The zero-order chi connectivity index (χ0) is 31.1. The molecule has 1 amide bonds. The molecule has 0 spiro atoms. The molecule has 5 aromatic rings. The fourth-order valence-electron chi connectivity index (χ4n) is 5.39. The van der Waals surface area contributed by atoms with Crippen molar-refractivity contribution in [1.82, 2.24) is 29.8 Å². The zero-order valence-corrected chi connectivity index (χ0v) is 23.9. The van der Waals surface area contributed by atoms with Gasteiger partial charge in [-0.05, 0) is 30.9 Å². The highest BCUT2D eigenvalue weighted by molar-refractivity contribution is 5.99. The third-order valence-electron chi connectivity index (χ3n) is 7.63. The molecule has 6 rings (SSSR count). The van der Waals surface area contributed by atoms with Gasteiger partial charge in [-0.1, -0.05) is 24.3 Å². The Morgan fingerprint density at radius 1 is 1.07 bits per heavy atom. The molecule has 1 atom stereocenters. The summed E-state index contributed by atoms with van der Waals surface area (Å²) < 4.78 is 65.3. The number of likely N-dealkylation sites (tertiary alicyclic amines) is 1. The number of rotatable bonds is 6. The van der Waals surface area contributed by atoms with Crippen LogP contribution in [0.15, 0.2) is 54.6 Å². The van der Waals surface area contributed by atoms with Crippen LogP contribution in [0, 0.1) is 24.4 Å². The van der Waals surface area contributed by atoms with Gasteiger partial charge in [-0.25, -0.2) is 27.5 Å². The number of carbonyl (C=O) groups excluding carboxylic acids is 1. The highest BCUT2D eigenvalue weighted by atomic mass is 19.2. The van der Waals surface area contributed by atoms with Crippen molar-refractivity contribution in [3.05, 3.63) is 83.6 Å². The van der Waals surface area contributed by atoms with E-state index in [1.165, 1.54) is 42.6 Å². The maximum atomic E-state index is 16.2. The standard InChI is InChI=1S/C31H25F4N7O2/c1-16-36-11-9-18(38-16)13-23(33)30(43)42-12-10-19(15-42)41(2)29-21-14-37-27(26(35)28(21)39-31(40-29)44-3)20-6-4-5-17-7-8-22(32)25(34)24(17)20/h4-9,11,13-14,19H,10,12,15H2,1-3H3/b23-13-. The lowest BCUT2D eigenvalue weighted by Gasteiger charge is -2.27. The van der Waals surface area contributed by atoms with Gasteiger partial charge in [0.15, 0.2) is 23.3 Å². The second-order valence-electron chi connectivity index (χ2n) is 10.3. The summed E-state index contributed by atoms with van der Waals surface area (Å²) in [4.78, 5) is 37.0. The number of hydrogen-bond donors (Lipinski definition) is 0. The fraction of sp³-hybridized carbons (Fsp3) is 0.226. The highest BCUT2D eigenvalue weighted by Gasteiger charge is 2.33. The van der Waals surface area contributed by atoms with Crippen LogP contribution in [-0.2, 0) is 4.79 Å². The Kier molecular flexibility index (Phi) is 7.53. The smallest absolute Gasteiger partial charge is 0.318 e. The topological polar surface area (TPSA) is 97.2 Å². The van der Waals surface area contributed by atoms with Crippen molar-refractivity contribution < 1.29 is 27.1 Å². The lowest BCUT2D eigenvalue weighted by atomic mass is 10.00. The Hall–Kier alpha value is -5.20. The molecule has 1 aliphatic heterocycles. The van der Waals surface area contributed by atoms with Crippen molar-refractivity contribution >= 4 is 39.5 Å². The normalized spacial score (nSPS) is 15.3. The summed E-state index contributed by atoms with van der Waals surface area (Å²) in [5.41, 5.74) is -0.0251. The number of benzene rings is 2. The van der Waals surface area contributed by atoms with Crippen molar-refractivity contribution in [3.63, 3.8) is 0 Å². The number of ether oxygens (including phenoxy) is 1. The van der Waals surface area contributed by atoms with Crippen LogP contribution in [0.3, 0.4) is 0 Å². The first-order valence-electron chi connectivity index (χ1n) is 13.6. The van der Waals surface area contributed by atoms with E-state index in [9.17, 15) is 18.0 Å². The van der Waals surface area contributed by atoms with E-state index in [1.807, 2.05) is 0 Å². The molecule has 1 unspecified atom stereocenters. The van der Waals surface area contributed by atoms with Gasteiger partial charge in [0.2, 0.25) is 0 Å². The number of carbonyl (C=O) groups is 1. The molecular formula is C31H25F4N7O2. The minimum absolute atomic E-state index is 0.0588. The van der Waals surface area contributed by atoms with E-state index in [0.717, 1.165) is 12.1 Å². The van der Waals surface area contributed by atoms with Crippen LogP contribution in [-0.4, -0.2) is 69.0 Å². The largest absolute Gasteiger partial charge is 0.467 e. The molecule has 224 valence electrons. The Balaban J connectivity index is 1.33. The SMILES string of the molecule is COc1nc(N(C)C2CCN(C(=O)/C(F)=C/c3ccnc(C)n3)C2)c2cnc(-c3cccc4ccc(F)c(F)c34)c(F)c2n1. The van der Waals surface area contributed by atoms with E-state index in [4.69, 9.17) is 4.74 Å². The molecule has 2 aromatic carbocycles. The molecule has 0 saturated carbocycles. The molecule has 0 radical (unpaired) electrons. The Labute approximate surface area is 248 Å². The van der Waals surface area contributed by atoms with Gasteiger partial charge in [0.25, 0.3) is 5.91 Å². The number of amides is 1. The number of aryl methyl sites for hydroxylation is 1. The van der Waals surface area contributed by atoms with Crippen LogP contribution in [0.4, 0.5) is 23.4 Å². The number of nitrogens with zero attached hydrogens (tertiary/aromatic N) is 7. The van der Waals surface area contributed by atoms with Crippen molar-refractivity contribution in [1.29, 1.82) is 0 Å². The molecular weight excluding hydrogens is 578 g/mol. The molecule has 1 aliphatic rings. The number of methoxy groups -OCH3 is 1. The number of fused-ring (bicyclic) bond motifs is 2. The van der Waals surface area contributed by atoms with Crippen LogP contribution in [0.1, 0.15) is 17.9 Å². The average molecular weight is 604 g/mol. The summed E-state index contributed by atoms with van der Waals surface area (Å²) in [6, 6.07) is 8.11. The monoisotopic (exact) mass is 603 g/mol. The molecule has 3 aromatic heterocycles. The van der Waals surface area contributed by atoms with E-state index in [0.29, 0.717) is 17.6 Å². The Morgan fingerprint density at radius 2 is 1.89 bits per heavy atom. The van der Waals surface area contributed by atoms with Crippen LogP contribution in [0.25, 0.3) is 39.0 Å². The van der Waals surface area contributed by atoms with Gasteiger partial charge < -0.3 is 14.5 Å². The van der Waals surface area contributed by atoms with E-state index in [-0.39, 0.29) is 64.2 Å². The van der Waals surface area contributed by atoms with Crippen LogP contribution < -0.4 is 9.64 Å². The summed E-state index contributed by atoms with van der Waals surface area (Å²) >= 11 is 0. The number of anilines is 1. The number of halogens is 4. The van der Waals surface area contributed by atoms with Gasteiger partial charge in [0.1, 0.15) is 22.9 Å². The van der Waals surface area contributed by atoms with Crippen molar-refractivity contribution in [2.45, 2.75) is 19.4 Å². The number of pyridine rings is 1. The molecule has 1 saturated heterocycles. The lowest BCUT2D eigenvalue weighted by molar-refractivity contribution is -0.127. The van der Waals surface area contributed by atoms with E-state index >= 15 is 4.39 Å². The summed E-state index contributed by atoms with van der Waals surface area (Å²) in [7, 11) is 3.04. The first kappa shape index (κ1) is 28.9. The van der Waals surface area contributed by atoms with Crippen LogP contribution >= 0.6 is 0 Å². The zero-order valence-electron chi connectivity index (χ0n) is 23.9. The molecule has 0 aliphatic carbocycles. The van der Waals surface area contributed by atoms with Gasteiger partial charge in [-0.2, -0.15) is 9.97 Å². The summed E-state index contributed by atoms with van der Waals surface area (Å²) in [5, 5.41) is 0.502. The summed E-state index contributed by atoms with van der Waals surface area (Å²) in [6.45, 7) is 2.11. The maximum Gasteiger partial charge on any atom is 0.318 e. The quantitative estimate of drug-likeness (QED) is 0.188. The van der Waals surface area contributed by atoms with Crippen molar-refractivity contribution in [2.75, 3.05) is 32.1 Å². The minimum Gasteiger partial charge on any atom is -0.467 e. The first-order chi connectivity index (χ1) is 21.2. The van der Waals surface area contributed by atoms with Gasteiger partial charge >= 0.3 is 6.01 Å². The van der Waals surface area contributed by atoms with Gasteiger partial charge in [0.05, 0.1) is 18.2 Å². The van der Waals surface area contributed by atoms with Crippen molar-refractivity contribution in [2.24, 2.45) is 0 Å². The molecule has 1 fully saturated rings. The Bertz CT molecular complexity index is 1970. The third-order valence-corrected chi connectivity index (χ3v) is 7.63. The number of aromatic nitrogens is 5. The summed E-state index contributed by atoms with van der Waals surface area (Å²) in [5.74, 6) is -4.06. The van der Waals surface area contributed by atoms with E-state index in [1.54, 1.807) is 31.0 Å². The minimum atomic E-state index is -1.11. The fourth-order valence-corrected chi connectivity index (χ4v) is 5.39. The highest BCUT2D eigenvalue weighted by Crippen LogP contribution is 2.36. The summed E-state index contributed by atoms with van der Waals surface area (Å²) in [6.07, 6.45) is 4.39. The van der Waals surface area contributed by atoms with E-state index in [2.05, 4.69) is 24.9 Å². The molecule has 13 heteroatoms. The van der Waals surface area contributed by atoms with Crippen LogP contribution in [0.2, 0.25) is 0 Å². The van der Waals surface area contributed by atoms with Crippen molar-refractivity contribution in [3.8, 4) is 17.3 Å². The molecule has 4 heterocycles. The average Bonchev–Trinajstić information content (AvgIpc) is 3.52. The first-order valence-corrected chi connectivity index (χ1v) is 13.6. The molecule has 0 N–H and O–H groups in total. The predicted molar refractivity (Wildman–Crippen MR) is 156 cm³/mol. The van der Waals surface area contributed by atoms with Gasteiger partial charge in [-0.3, -0.25) is 9.78 Å². The lowest BCUT2D eigenvalue weighted by Crippen LogP contribution is -2.37. The number of likely N-dealkylation sites (N-methyl/N-ethyl adjacent to an activating group) is 1. The molecule has 44 heavy (non-hydrogen) atoms. The third kappa shape index (κ3) is 5.14. The van der Waals surface area contributed by atoms with E-state index < -0.39 is 29.2 Å². The maximum absolute atomic E-state index is 16.2. The van der Waals surface area contributed by atoms with Crippen LogP contribution in [0.5, 0.6) is 6.01 Å². The van der Waals surface area contributed by atoms with Gasteiger partial charge in [-0.15, -0.1) is 0 Å². The van der Waals surface area contributed by atoms with Gasteiger partial charge in [0, 0.05) is 55.6 Å². The molecule has 0 bridgehead atoms. The Morgan fingerprint density at radius 3 is 2.66 bits per heavy atom. The molecule has 9 nitrogen and oxygen atoms in total.